The van der Waals surface area contributed by atoms with Crippen molar-refractivity contribution in [3.63, 3.8) is 0 Å². The second-order valence-electron chi connectivity index (χ2n) is 8.38. The average molecular weight is 572 g/mol. The molecule has 202 valence electrons. The van der Waals surface area contributed by atoms with Crippen LogP contribution in [0, 0.1) is 0 Å². The zero-order valence-electron chi connectivity index (χ0n) is 21.2. The van der Waals surface area contributed by atoms with Gasteiger partial charge in [0.25, 0.3) is 0 Å². The monoisotopic (exact) mass is 572 g/mol. The van der Waals surface area contributed by atoms with Crippen molar-refractivity contribution in [3.8, 4) is 23.0 Å². The molecule has 5 aromatic carbocycles. The molecule has 10 heteroatoms. The van der Waals surface area contributed by atoms with Gasteiger partial charge < -0.3 is 18.1 Å². The zero-order valence-corrected chi connectivity index (χ0v) is 23.0. The third-order valence-electron chi connectivity index (χ3n) is 5.32. The SMILES string of the molecule is O=P(Nc1ccccc1NP(=O)(Oc1ccccc1)Oc1ccccc1)(Oc1ccccc1)Oc1ccccc1. The van der Waals surface area contributed by atoms with Crippen LogP contribution < -0.4 is 28.3 Å². The van der Waals surface area contributed by atoms with Crippen molar-refractivity contribution < 1.29 is 27.2 Å². The number of hydrogen-bond acceptors (Lipinski definition) is 6. The van der Waals surface area contributed by atoms with E-state index in [4.69, 9.17) is 18.1 Å². The molecule has 0 bridgehead atoms. The largest absolute Gasteiger partial charge is 0.541 e. The van der Waals surface area contributed by atoms with Crippen LogP contribution in [0.25, 0.3) is 0 Å². The van der Waals surface area contributed by atoms with E-state index < -0.39 is 15.5 Å². The molecule has 0 unspecified atom stereocenters. The van der Waals surface area contributed by atoms with Gasteiger partial charge in [0, 0.05) is 0 Å². The van der Waals surface area contributed by atoms with Crippen LogP contribution in [0.4, 0.5) is 11.4 Å². The topological polar surface area (TPSA) is 95.1 Å². The van der Waals surface area contributed by atoms with E-state index in [1.807, 2.05) is 24.3 Å². The van der Waals surface area contributed by atoms with E-state index >= 15 is 0 Å². The Kier molecular flexibility index (Phi) is 8.41. The summed E-state index contributed by atoms with van der Waals surface area (Å²) in [5.41, 5.74) is 0.567. The lowest BCUT2D eigenvalue weighted by Crippen LogP contribution is -2.13. The first kappa shape index (κ1) is 26.9. The Morgan fingerprint density at radius 3 is 0.825 bits per heavy atom. The Hall–Kier alpha value is -4.64. The van der Waals surface area contributed by atoms with Gasteiger partial charge in [0.1, 0.15) is 23.0 Å². The molecule has 0 saturated heterocycles. The molecule has 0 heterocycles. The van der Waals surface area contributed by atoms with Gasteiger partial charge in [-0.1, -0.05) is 84.9 Å². The van der Waals surface area contributed by atoms with Gasteiger partial charge in [-0.2, -0.15) is 0 Å². The highest BCUT2D eigenvalue weighted by molar-refractivity contribution is 7.57. The van der Waals surface area contributed by atoms with Crippen LogP contribution in [0.2, 0.25) is 0 Å². The number of anilines is 2. The van der Waals surface area contributed by atoms with E-state index in [0.717, 1.165) is 0 Å². The van der Waals surface area contributed by atoms with Crippen molar-refractivity contribution in [2.24, 2.45) is 0 Å². The number of nitrogens with one attached hydrogen (secondary N) is 2. The second-order valence-corrected chi connectivity index (χ2v) is 11.5. The zero-order chi connectivity index (χ0) is 27.7. The second kappa shape index (κ2) is 12.5. The van der Waals surface area contributed by atoms with Gasteiger partial charge in [-0.25, -0.2) is 9.13 Å². The van der Waals surface area contributed by atoms with Crippen LogP contribution in [0.3, 0.4) is 0 Å². The Labute approximate surface area is 232 Å². The van der Waals surface area contributed by atoms with E-state index in [1.54, 1.807) is 121 Å². The van der Waals surface area contributed by atoms with E-state index in [9.17, 15) is 9.13 Å². The van der Waals surface area contributed by atoms with Gasteiger partial charge in [-0.05, 0) is 60.7 Å². The molecule has 0 aliphatic rings. The normalized spacial score (nSPS) is 11.2. The van der Waals surface area contributed by atoms with Gasteiger partial charge in [0.15, 0.2) is 0 Å². The molecule has 8 nitrogen and oxygen atoms in total. The highest BCUT2D eigenvalue weighted by atomic mass is 31.2. The first-order valence-electron chi connectivity index (χ1n) is 12.3. The third kappa shape index (κ3) is 7.48. The third-order valence-corrected chi connectivity index (χ3v) is 8.15. The lowest BCUT2D eigenvalue weighted by Gasteiger charge is -2.25. The maximum atomic E-state index is 14.1. The van der Waals surface area contributed by atoms with Crippen LogP contribution in [-0.2, 0) is 9.13 Å². The van der Waals surface area contributed by atoms with E-state index in [2.05, 4.69) is 10.2 Å². The number of benzene rings is 5. The van der Waals surface area contributed by atoms with Crippen molar-refractivity contribution in [2.45, 2.75) is 0 Å². The van der Waals surface area contributed by atoms with Crippen molar-refractivity contribution in [3.05, 3.63) is 146 Å². The highest BCUT2D eigenvalue weighted by Gasteiger charge is 2.33. The summed E-state index contributed by atoms with van der Waals surface area (Å²) >= 11 is 0. The summed E-state index contributed by atoms with van der Waals surface area (Å²) < 4.78 is 51.6. The molecular weight excluding hydrogens is 546 g/mol. The number of hydrogen-bond donors (Lipinski definition) is 2. The van der Waals surface area contributed by atoms with Crippen LogP contribution in [0.5, 0.6) is 23.0 Å². The minimum atomic E-state index is -4.07. The molecule has 0 fully saturated rings. The lowest BCUT2D eigenvalue weighted by molar-refractivity contribution is 0.390. The molecule has 0 radical (unpaired) electrons. The number of rotatable bonds is 12. The molecule has 0 saturated carbocycles. The predicted molar refractivity (Wildman–Crippen MR) is 157 cm³/mol. The Balaban J connectivity index is 1.47. The molecule has 40 heavy (non-hydrogen) atoms. The maximum absolute atomic E-state index is 14.1. The fraction of sp³-hybridized carbons (Fsp3) is 0. The summed E-state index contributed by atoms with van der Waals surface area (Å²) in [6.07, 6.45) is 0. The van der Waals surface area contributed by atoms with E-state index in [0.29, 0.717) is 23.0 Å². The molecule has 0 aliphatic carbocycles. The van der Waals surface area contributed by atoms with Gasteiger partial charge in [-0.3, -0.25) is 10.2 Å². The minimum Gasteiger partial charge on any atom is -0.400 e. The van der Waals surface area contributed by atoms with Crippen LogP contribution in [0.1, 0.15) is 0 Å². The molecule has 0 aliphatic heterocycles. The molecule has 0 spiro atoms. The summed E-state index contributed by atoms with van der Waals surface area (Å²) in [7, 11) is -8.14. The van der Waals surface area contributed by atoms with Crippen molar-refractivity contribution in [2.75, 3.05) is 10.2 Å². The molecule has 0 atom stereocenters. The van der Waals surface area contributed by atoms with Crippen molar-refractivity contribution in [1.82, 2.24) is 0 Å². The molecular formula is C30H26N2O6P2. The Morgan fingerprint density at radius 2 is 0.575 bits per heavy atom. The van der Waals surface area contributed by atoms with Gasteiger partial charge >= 0.3 is 15.5 Å². The molecule has 5 rings (SSSR count). The predicted octanol–water partition coefficient (Wildman–Crippen LogP) is 9.04. The summed E-state index contributed by atoms with van der Waals surface area (Å²) in [4.78, 5) is 0. The standard InChI is InChI=1S/C30H26N2O6P2/c33-39(35-25-15-5-1-6-16-25,36-26-17-7-2-8-18-26)31-29-23-13-14-24-30(29)32-40(34,37-27-19-9-3-10-20-27)38-28-21-11-4-12-22-28/h1-24H,(H,31,33)(H,32,34). The quantitative estimate of drug-likeness (QED) is 0.143. The highest BCUT2D eigenvalue weighted by Crippen LogP contribution is 2.53. The molecule has 0 amide bonds. The first-order valence-corrected chi connectivity index (χ1v) is 15.4. The Bertz CT molecular complexity index is 1390. The summed E-state index contributed by atoms with van der Waals surface area (Å²) in [6.45, 7) is 0. The van der Waals surface area contributed by atoms with Crippen LogP contribution in [0.15, 0.2) is 146 Å². The number of para-hydroxylation sites is 6. The van der Waals surface area contributed by atoms with E-state index in [-0.39, 0.29) is 11.4 Å². The molecule has 5 aromatic rings. The summed E-state index contributed by atoms with van der Waals surface area (Å²) in [5.74, 6) is 1.35. The van der Waals surface area contributed by atoms with Gasteiger partial charge in [0.05, 0.1) is 11.4 Å². The van der Waals surface area contributed by atoms with Gasteiger partial charge in [0.2, 0.25) is 0 Å². The van der Waals surface area contributed by atoms with Crippen molar-refractivity contribution in [1.29, 1.82) is 0 Å². The van der Waals surface area contributed by atoms with E-state index in [1.165, 1.54) is 0 Å². The van der Waals surface area contributed by atoms with Crippen LogP contribution >= 0.6 is 15.5 Å². The molecule has 0 aromatic heterocycles. The summed E-state index contributed by atoms with van der Waals surface area (Å²) in [6, 6.07) is 41.5. The maximum Gasteiger partial charge on any atom is 0.541 e. The minimum absolute atomic E-state index is 0.284. The fourth-order valence-corrected chi connectivity index (χ4v) is 6.42. The summed E-state index contributed by atoms with van der Waals surface area (Å²) in [5, 5.41) is 5.78. The van der Waals surface area contributed by atoms with Gasteiger partial charge in [-0.15, -0.1) is 0 Å². The fourth-order valence-electron chi connectivity index (χ4n) is 3.58. The average Bonchev–Trinajstić information content (AvgIpc) is 2.96. The first-order chi connectivity index (χ1) is 19.5. The smallest absolute Gasteiger partial charge is 0.400 e. The molecule has 2 N–H and O–H groups in total. The van der Waals surface area contributed by atoms with Crippen molar-refractivity contribution >= 4 is 26.9 Å². The van der Waals surface area contributed by atoms with Crippen LogP contribution in [-0.4, -0.2) is 0 Å². The lowest BCUT2D eigenvalue weighted by atomic mass is 10.3. The Morgan fingerprint density at radius 1 is 0.350 bits per heavy atom.